The van der Waals surface area contributed by atoms with Gasteiger partial charge in [0, 0.05) is 37.9 Å². The summed E-state index contributed by atoms with van der Waals surface area (Å²) < 4.78 is 1.86. The van der Waals surface area contributed by atoms with Crippen molar-refractivity contribution >= 4 is 0 Å². The molecular formula is C12H24N4. The second-order valence-electron chi connectivity index (χ2n) is 5.02. The topological polar surface area (TPSA) is 47.1 Å². The van der Waals surface area contributed by atoms with Crippen molar-refractivity contribution in [2.24, 2.45) is 18.7 Å². The summed E-state index contributed by atoms with van der Waals surface area (Å²) in [5.41, 5.74) is 8.43. The Morgan fingerprint density at radius 2 is 2.12 bits per heavy atom. The molecule has 4 heteroatoms. The molecule has 0 bridgehead atoms. The molecule has 92 valence electrons. The normalized spacial score (nSPS) is 13.8. The molecule has 0 saturated heterocycles. The van der Waals surface area contributed by atoms with Gasteiger partial charge in [-0.25, -0.2) is 0 Å². The minimum Gasteiger partial charge on any atom is -0.326 e. The number of nitrogens with zero attached hydrogens (tertiary/aromatic N) is 3. The Balaban J connectivity index is 2.51. The van der Waals surface area contributed by atoms with E-state index in [4.69, 9.17) is 5.73 Å². The number of aryl methyl sites for hydroxylation is 2. The van der Waals surface area contributed by atoms with E-state index in [-0.39, 0.29) is 6.04 Å². The molecule has 0 radical (unpaired) electrons. The van der Waals surface area contributed by atoms with Gasteiger partial charge < -0.3 is 10.6 Å². The van der Waals surface area contributed by atoms with Crippen molar-refractivity contribution in [3.63, 3.8) is 0 Å². The average molecular weight is 224 g/mol. The van der Waals surface area contributed by atoms with E-state index < -0.39 is 0 Å². The van der Waals surface area contributed by atoms with Crippen molar-refractivity contribution in [1.82, 2.24) is 14.7 Å². The summed E-state index contributed by atoms with van der Waals surface area (Å²) in [5, 5.41) is 4.34. The molecule has 2 N–H and O–H groups in total. The van der Waals surface area contributed by atoms with Crippen molar-refractivity contribution in [2.45, 2.75) is 33.4 Å². The lowest BCUT2D eigenvalue weighted by molar-refractivity contribution is 0.276. The van der Waals surface area contributed by atoms with Crippen molar-refractivity contribution in [3.8, 4) is 0 Å². The Hall–Kier alpha value is -0.870. The van der Waals surface area contributed by atoms with Crippen LogP contribution in [0.5, 0.6) is 0 Å². The van der Waals surface area contributed by atoms with Gasteiger partial charge >= 0.3 is 0 Å². The van der Waals surface area contributed by atoms with Gasteiger partial charge in [0.15, 0.2) is 0 Å². The first-order valence-corrected chi connectivity index (χ1v) is 5.83. The lowest BCUT2D eigenvalue weighted by Crippen LogP contribution is -2.38. The molecule has 0 saturated carbocycles. The summed E-state index contributed by atoms with van der Waals surface area (Å²) in [6.07, 6.45) is 2.08. The van der Waals surface area contributed by atoms with E-state index in [9.17, 15) is 0 Å². The van der Waals surface area contributed by atoms with Crippen LogP contribution in [-0.2, 0) is 13.6 Å². The molecule has 1 aromatic heterocycles. The first kappa shape index (κ1) is 13.2. The number of hydrogen-bond acceptors (Lipinski definition) is 3. The zero-order valence-corrected chi connectivity index (χ0v) is 11.1. The fraction of sp³-hybridized carbons (Fsp3) is 0.750. The minimum atomic E-state index is 0.238. The highest BCUT2D eigenvalue weighted by molar-refractivity contribution is 5.14. The Morgan fingerprint density at radius 1 is 1.50 bits per heavy atom. The third kappa shape index (κ3) is 3.61. The predicted molar refractivity (Wildman–Crippen MR) is 67.1 cm³/mol. The second-order valence-corrected chi connectivity index (χ2v) is 5.02. The van der Waals surface area contributed by atoms with Crippen molar-refractivity contribution in [2.75, 3.05) is 13.6 Å². The highest BCUT2D eigenvalue weighted by Crippen LogP contribution is 2.09. The van der Waals surface area contributed by atoms with Crippen molar-refractivity contribution < 1.29 is 0 Å². The standard InChI is InChI=1S/C12H24N4/c1-9(2)12(13)8-15(4)6-11-7-16(5)14-10(11)3/h7,9,12H,6,8,13H2,1-5H3/t12-/m1/s1. The van der Waals surface area contributed by atoms with Gasteiger partial charge in [-0.2, -0.15) is 5.10 Å². The monoisotopic (exact) mass is 224 g/mol. The molecule has 1 atom stereocenters. The molecule has 16 heavy (non-hydrogen) atoms. The van der Waals surface area contributed by atoms with Gasteiger partial charge in [-0.15, -0.1) is 0 Å². The molecule has 1 aromatic rings. The summed E-state index contributed by atoms with van der Waals surface area (Å²) in [4.78, 5) is 2.26. The van der Waals surface area contributed by atoms with Gasteiger partial charge in [0.1, 0.15) is 0 Å². The van der Waals surface area contributed by atoms with Crippen LogP contribution in [0, 0.1) is 12.8 Å². The van der Waals surface area contributed by atoms with Crippen LogP contribution in [0.2, 0.25) is 0 Å². The van der Waals surface area contributed by atoms with Crippen LogP contribution in [0.15, 0.2) is 6.20 Å². The quantitative estimate of drug-likeness (QED) is 0.816. The SMILES string of the molecule is Cc1nn(C)cc1CN(C)C[C@@H](N)C(C)C. The first-order chi connectivity index (χ1) is 7.40. The maximum absolute atomic E-state index is 6.05. The summed E-state index contributed by atoms with van der Waals surface area (Å²) in [6.45, 7) is 8.21. The van der Waals surface area contributed by atoms with E-state index in [0.29, 0.717) is 5.92 Å². The average Bonchev–Trinajstić information content (AvgIpc) is 2.44. The summed E-state index contributed by atoms with van der Waals surface area (Å²) in [7, 11) is 4.06. The molecule has 0 spiro atoms. The molecule has 0 fully saturated rings. The summed E-state index contributed by atoms with van der Waals surface area (Å²) >= 11 is 0. The largest absolute Gasteiger partial charge is 0.326 e. The molecule has 4 nitrogen and oxygen atoms in total. The van der Waals surface area contributed by atoms with Gasteiger partial charge in [-0.05, 0) is 19.9 Å². The third-order valence-electron chi connectivity index (χ3n) is 2.93. The third-order valence-corrected chi connectivity index (χ3v) is 2.93. The molecule has 0 aliphatic rings. The minimum absolute atomic E-state index is 0.238. The van der Waals surface area contributed by atoms with E-state index in [0.717, 1.165) is 18.8 Å². The van der Waals surface area contributed by atoms with E-state index in [1.807, 2.05) is 18.7 Å². The van der Waals surface area contributed by atoms with Crippen LogP contribution in [0.1, 0.15) is 25.1 Å². The van der Waals surface area contributed by atoms with Gasteiger partial charge in [-0.3, -0.25) is 4.68 Å². The van der Waals surface area contributed by atoms with E-state index in [1.165, 1.54) is 5.56 Å². The van der Waals surface area contributed by atoms with Crippen LogP contribution in [0.4, 0.5) is 0 Å². The fourth-order valence-electron chi connectivity index (χ4n) is 1.73. The molecule has 0 aromatic carbocycles. The van der Waals surface area contributed by atoms with Crippen LogP contribution < -0.4 is 5.73 Å². The van der Waals surface area contributed by atoms with Crippen LogP contribution in [0.3, 0.4) is 0 Å². The Morgan fingerprint density at radius 3 is 2.56 bits per heavy atom. The van der Waals surface area contributed by atoms with Crippen LogP contribution in [-0.4, -0.2) is 34.3 Å². The molecule has 0 unspecified atom stereocenters. The molecular weight excluding hydrogens is 200 g/mol. The van der Waals surface area contributed by atoms with Crippen LogP contribution in [0.25, 0.3) is 0 Å². The molecule has 0 aliphatic heterocycles. The Kier molecular flexibility index (Phi) is 4.50. The molecule has 0 aliphatic carbocycles. The van der Waals surface area contributed by atoms with Gasteiger partial charge in [0.25, 0.3) is 0 Å². The fourth-order valence-corrected chi connectivity index (χ4v) is 1.73. The Bertz CT molecular complexity index is 330. The number of aromatic nitrogens is 2. The maximum Gasteiger partial charge on any atom is 0.0638 e. The highest BCUT2D eigenvalue weighted by Gasteiger charge is 2.12. The maximum atomic E-state index is 6.05. The Labute approximate surface area is 98.4 Å². The lowest BCUT2D eigenvalue weighted by atomic mass is 10.1. The van der Waals surface area contributed by atoms with Crippen molar-refractivity contribution in [1.29, 1.82) is 0 Å². The number of nitrogens with two attached hydrogens (primary N) is 1. The number of likely N-dealkylation sites (N-methyl/N-ethyl adjacent to an activating group) is 1. The molecule has 1 heterocycles. The zero-order valence-electron chi connectivity index (χ0n) is 11.1. The van der Waals surface area contributed by atoms with E-state index >= 15 is 0 Å². The van der Waals surface area contributed by atoms with E-state index in [2.05, 4.69) is 37.1 Å². The van der Waals surface area contributed by atoms with E-state index in [1.54, 1.807) is 0 Å². The van der Waals surface area contributed by atoms with Gasteiger partial charge in [-0.1, -0.05) is 13.8 Å². The van der Waals surface area contributed by atoms with Gasteiger partial charge in [0.2, 0.25) is 0 Å². The summed E-state index contributed by atoms with van der Waals surface area (Å²) in [5.74, 6) is 0.525. The lowest BCUT2D eigenvalue weighted by Gasteiger charge is -2.23. The van der Waals surface area contributed by atoms with Gasteiger partial charge in [0.05, 0.1) is 5.69 Å². The van der Waals surface area contributed by atoms with Crippen molar-refractivity contribution in [3.05, 3.63) is 17.5 Å². The highest BCUT2D eigenvalue weighted by atomic mass is 15.3. The summed E-state index contributed by atoms with van der Waals surface area (Å²) in [6, 6.07) is 0.238. The number of rotatable bonds is 5. The molecule has 0 amide bonds. The molecule has 1 rings (SSSR count). The second kappa shape index (κ2) is 5.46. The first-order valence-electron chi connectivity index (χ1n) is 5.83. The van der Waals surface area contributed by atoms with Crippen LogP contribution >= 0.6 is 0 Å². The number of hydrogen-bond donors (Lipinski definition) is 1. The smallest absolute Gasteiger partial charge is 0.0638 e. The predicted octanol–water partition coefficient (Wildman–Crippen LogP) is 1.14. The zero-order chi connectivity index (χ0) is 12.3.